The number of benzene rings is 2. The predicted molar refractivity (Wildman–Crippen MR) is 94.7 cm³/mol. The maximum absolute atomic E-state index is 6.26. The van der Waals surface area contributed by atoms with E-state index in [1.165, 1.54) is 0 Å². The van der Waals surface area contributed by atoms with Crippen molar-refractivity contribution in [3.05, 3.63) is 62.5 Å². The van der Waals surface area contributed by atoms with Crippen LogP contribution in [0.25, 0.3) is 0 Å². The molecule has 0 saturated heterocycles. The molecule has 0 radical (unpaired) electrons. The van der Waals surface area contributed by atoms with E-state index < -0.39 is 0 Å². The fourth-order valence-electron chi connectivity index (χ4n) is 2.11. The van der Waals surface area contributed by atoms with E-state index in [0.717, 1.165) is 32.2 Å². The van der Waals surface area contributed by atoms with Gasteiger partial charge in [0.05, 0.1) is 0 Å². The Balaban J connectivity index is 2.28. The number of ether oxygens (including phenoxy) is 1. The van der Waals surface area contributed by atoms with Crippen molar-refractivity contribution in [1.82, 2.24) is 0 Å². The average Bonchev–Trinajstić information content (AvgIpc) is 2.48. The van der Waals surface area contributed by atoms with E-state index in [1.54, 1.807) is 0 Å². The summed E-state index contributed by atoms with van der Waals surface area (Å²) in [4.78, 5) is 0. The van der Waals surface area contributed by atoms with Gasteiger partial charge in [-0.1, -0.05) is 50.9 Å². The molecular weight excluding hydrogens is 394 g/mol. The average molecular weight is 413 g/mol. The first-order valence-electron chi connectivity index (χ1n) is 6.95. The first-order chi connectivity index (χ1) is 10.0. The van der Waals surface area contributed by atoms with E-state index in [4.69, 9.17) is 10.5 Å². The van der Waals surface area contributed by atoms with Gasteiger partial charge in [-0.2, -0.15) is 0 Å². The number of nitrogens with two attached hydrogens (primary N) is 1. The summed E-state index contributed by atoms with van der Waals surface area (Å²) in [6.45, 7) is 4.12. The molecule has 2 nitrogen and oxygen atoms in total. The number of halogens is 2. The number of aryl methyl sites for hydroxylation is 1. The Kier molecular flexibility index (Phi) is 5.85. The lowest BCUT2D eigenvalue weighted by Crippen LogP contribution is -2.31. The van der Waals surface area contributed by atoms with Gasteiger partial charge in [0.2, 0.25) is 0 Å². The van der Waals surface area contributed by atoms with Crippen molar-refractivity contribution in [2.75, 3.05) is 0 Å². The lowest BCUT2D eigenvalue weighted by molar-refractivity contribution is 0.171. The van der Waals surface area contributed by atoms with Crippen LogP contribution in [-0.2, 0) is 0 Å². The van der Waals surface area contributed by atoms with Crippen LogP contribution >= 0.6 is 31.9 Å². The second-order valence-electron chi connectivity index (χ2n) is 5.07. The molecule has 2 aromatic carbocycles. The van der Waals surface area contributed by atoms with Crippen molar-refractivity contribution in [2.45, 2.75) is 32.4 Å². The van der Waals surface area contributed by atoms with Crippen LogP contribution in [0.15, 0.2) is 51.4 Å². The Morgan fingerprint density at radius 3 is 2.33 bits per heavy atom. The third-order valence-electron chi connectivity index (χ3n) is 3.45. The molecule has 0 saturated carbocycles. The van der Waals surface area contributed by atoms with Crippen molar-refractivity contribution in [1.29, 1.82) is 0 Å². The number of rotatable bonds is 5. The molecule has 0 spiro atoms. The summed E-state index contributed by atoms with van der Waals surface area (Å²) in [6.07, 6.45) is 0.708. The predicted octanol–water partition coefficient (Wildman–Crippen LogP) is 5.38. The van der Waals surface area contributed by atoms with Crippen LogP contribution in [0.1, 0.15) is 30.6 Å². The van der Waals surface area contributed by atoms with Gasteiger partial charge in [-0.15, -0.1) is 0 Å². The van der Waals surface area contributed by atoms with Crippen LogP contribution in [0.2, 0.25) is 0 Å². The van der Waals surface area contributed by atoms with Crippen molar-refractivity contribution in [2.24, 2.45) is 5.73 Å². The summed E-state index contributed by atoms with van der Waals surface area (Å²) in [5.74, 6) is 0.840. The van der Waals surface area contributed by atoms with Crippen LogP contribution in [0.4, 0.5) is 0 Å². The molecule has 0 fully saturated rings. The molecule has 2 aromatic rings. The first-order valence-corrected chi connectivity index (χ1v) is 8.53. The van der Waals surface area contributed by atoms with Crippen molar-refractivity contribution >= 4 is 31.9 Å². The molecule has 0 aromatic heterocycles. The zero-order chi connectivity index (χ0) is 15.4. The Morgan fingerprint density at radius 1 is 1.10 bits per heavy atom. The van der Waals surface area contributed by atoms with E-state index >= 15 is 0 Å². The van der Waals surface area contributed by atoms with Crippen LogP contribution in [0.5, 0.6) is 5.75 Å². The Bertz CT molecular complexity index is 598. The quantitative estimate of drug-likeness (QED) is 0.715. The van der Waals surface area contributed by atoms with Gasteiger partial charge >= 0.3 is 0 Å². The van der Waals surface area contributed by atoms with Crippen LogP contribution < -0.4 is 10.5 Å². The van der Waals surface area contributed by atoms with E-state index in [1.807, 2.05) is 37.3 Å². The van der Waals surface area contributed by atoms with E-state index in [2.05, 4.69) is 50.9 Å². The third-order valence-corrected chi connectivity index (χ3v) is 4.87. The summed E-state index contributed by atoms with van der Waals surface area (Å²) in [7, 11) is 0. The normalized spacial score (nSPS) is 13.8. The molecule has 0 aliphatic carbocycles. The molecule has 0 aliphatic rings. The number of hydrogen-bond acceptors (Lipinski definition) is 2. The fourth-order valence-corrected chi connectivity index (χ4v) is 2.62. The number of hydrogen-bond donors (Lipinski definition) is 1. The van der Waals surface area contributed by atoms with Crippen LogP contribution in [0.3, 0.4) is 0 Å². The van der Waals surface area contributed by atoms with Crippen molar-refractivity contribution in [3.63, 3.8) is 0 Å². The summed E-state index contributed by atoms with van der Waals surface area (Å²) < 4.78 is 8.30. The highest BCUT2D eigenvalue weighted by molar-refractivity contribution is 9.10. The molecule has 2 rings (SSSR count). The fraction of sp³-hybridized carbons (Fsp3) is 0.294. The van der Waals surface area contributed by atoms with Crippen LogP contribution in [0, 0.1) is 6.92 Å². The highest BCUT2D eigenvalue weighted by Crippen LogP contribution is 2.29. The molecule has 0 amide bonds. The van der Waals surface area contributed by atoms with E-state index in [0.29, 0.717) is 0 Å². The van der Waals surface area contributed by atoms with Gasteiger partial charge in [-0.25, -0.2) is 0 Å². The summed E-state index contributed by atoms with van der Waals surface area (Å²) in [5.41, 5.74) is 8.49. The standard InChI is InChI=1S/C17H19Br2NO/c1-3-16(20)17(12-4-6-13(18)7-5-12)21-14-8-9-15(19)11(2)10-14/h4-10,16-17H,3,20H2,1-2H3. The van der Waals surface area contributed by atoms with Gasteiger partial charge in [-0.05, 0) is 54.8 Å². The third kappa shape index (κ3) is 4.31. The Labute approximate surface area is 143 Å². The molecule has 4 heteroatoms. The summed E-state index contributed by atoms with van der Waals surface area (Å²) >= 11 is 6.96. The van der Waals surface area contributed by atoms with Crippen molar-refractivity contribution in [3.8, 4) is 5.75 Å². The summed E-state index contributed by atoms with van der Waals surface area (Å²) in [6, 6.07) is 14.1. The minimum atomic E-state index is -0.149. The SMILES string of the molecule is CCC(N)C(Oc1ccc(Br)c(C)c1)c1ccc(Br)cc1. The lowest BCUT2D eigenvalue weighted by atomic mass is 10.0. The first kappa shape index (κ1) is 16.5. The second kappa shape index (κ2) is 7.43. The highest BCUT2D eigenvalue weighted by atomic mass is 79.9. The Morgan fingerprint density at radius 2 is 1.76 bits per heavy atom. The molecule has 0 bridgehead atoms. The van der Waals surface area contributed by atoms with Crippen molar-refractivity contribution < 1.29 is 4.74 Å². The molecule has 2 atom stereocenters. The lowest BCUT2D eigenvalue weighted by Gasteiger charge is -2.25. The zero-order valence-electron chi connectivity index (χ0n) is 12.1. The van der Waals surface area contributed by atoms with Gasteiger partial charge in [0.1, 0.15) is 11.9 Å². The minimum absolute atomic E-state index is 0.0462. The van der Waals surface area contributed by atoms with E-state index in [9.17, 15) is 0 Å². The minimum Gasteiger partial charge on any atom is -0.484 e. The van der Waals surface area contributed by atoms with Gasteiger partial charge in [0.25, 0.3) is 0 Å². The molecule has 0 aliphatic heterocycles. The van der Waals surface area contributed by atoms with Gasteiger partial charge in [0.15, 0.2) is 0 Å². The topological polar surface area (TPSA) is 35.2 Å². The highest BCUT2D eigenvalue weighted by Gasteiger charge is 2.20. The monoisotopic (exact) mass is 411 g/mol. The smallest absolute Gasteiger partial charge is 0.139 e. The Hall–Kier alpha value is -0.840. The van der Waals surface area contributed by atoms with E-state index in [-0.39, 0.29) is 12.1 Å². The summed E-state index contributed by atoms with van der Waals surface area (Å²) in [5, 5.41) is 0. The molecule has 0 heterocycles. The maximum Gasteiger partial charge on any atom is 0.139 e. The molecule has 2 N–H and O–H groups in total. The maximum atomic E-state index is 6.26. The van der Waals surface area contributed by atoms with Crippen LogP contribution in [-0.4, -0.2) is 6.04 Å². The molecule has 21 heavy (non-hydrogen) atoms. The van der Waals surface area contributed by atoms with Gasteiger partial charge in [0, 0.05) is 15.0 Å². The largest absolute Gasteiger partial charge is 0.484 e. The van der Waals surface area contributed by atoms with Gasteiger partial charge in [-0.3, -0.25) is 0 Å². The molecule has 112 valence electrons. The molecular formula is C17H19Br2NO. The zero-order valence-corrected chi connectivity index (χ0v) is 15.3. The molecule has 2 unspecified atom stereocenters. The van der Waals surface area contributed by atoms with Gasteiger partial charge < -0.3 is 10.5 Å². The second-order valence-corrected chi connectivity index (χ2v) is 6.84.